The van der Waals surface area contributed by atoms with E-state index in [2.05, 4.69) is 43.1 Å². The predicted molar refractivity (Wildman–Crippen MR) is 104 cm³/mol. The van der Waals surface area contributed by atoms with Gasteiger partial charge in [0.2, 0.25) is 0 Å². The molecule has 1 aromatic rings. The summed E-state index contributed by atoms with van der Waals surface area (Å²) in [6.45, 7) is 10.3. The molecule has 3 atom stereocenters. The van der Waals surface area contributed by atoms with E-state index < -0.39 is 6.10 Å². The lowest BCUT2D eigenvalue weighted by atomic mass is 9.87. The average Bonchev–Trinajstić information content (AvgIpc) is 2.79. The number of amides is 1. The van der Waals surface area contributed by atoms with E-state index in [1.807, 2.05) is 19.1 Å². The molecule has 1 amide bonds. The van der Waals surface area contributed by atoms with Crippen molar-refractivity contribution in [1.29, 1.82) is 0 Å². The van der Waals surface area contributed by atoms with Crippen LogP contribution in [0.3, 0.4) is 0 Å². The maximum atomic E-state index is 13.0. The molecule has 0 saturated carbocycles. The smallest absolute Gasteiger partial charge is 0.263 e. The van der Waals surface area contributed by atoms with Gasteiger partial charge < -0.3 is 15.0 Å². The zero-order valence-electron chi connectivity index (χ0n) is 15.7. The van der Waals surface area contributed by atoms with Crippen molar-refractivity contribution in [2.24, 2.45) is 0 Å². The molecule has 2 fully saturated rings. The van der Waals surface area contributed by atoms with Gasteiger partial charge in [-0.1, -0.05) is 32.9 Å². The summed E-state index contributed by atoms with van der Waals surface area (Å²) >= 11 is 0. The van der Waals surface area contributed by atoms with Crippen LogP contribution in [0.2, 0.25) is 0 Å². The Morgan fingerprint density at radius 1 is 1.24 bits per heavy atom. The summed E-state index contributed by atoms with van der Waals surface area (Å²) in [7, 11) is 0. The van der Waals surface area contributed by atoms with Crippen molar-refractivity contribution in [2.45, 2.75) is 70.6 Å². The molecule has 5 heteroatoms. The first-order chi connectivity index (χ1) is 11.4. The van der Waals surface area contributed by atoms with Gasteiger partial charge in [-0.15, -0.1) is 12.4 Å². The van der Waals surface area contributed by atoms with Crippen LogP contribution in [-0.4, -0.2) is 42.1 Å². The summed E-state index contributed by atoms with van der Waals surface area (Å²) in [4.78, 5) is 15.1. The van der Waals surface area contributed by atoms with Crippen molar-refractivity contribution in [3.63, 3.8) is 0 Å². The Bertz CT molecular complexity index is 586. The highest BCUT2D eigenvalue weighted by molar-refractivity contribution is 5.85. The Kier molecular flexibility index (Phi) is 6.39. The number of benzene rings is 1. The molecule has 2 saturated heterocycles. The topological polar surface area (TPSA) is 41.6 Å². The number of carbonyl (C=O) groups is 1. The maximum absolute atomic E-state index is 13.0. The molecule has 2 aliphatic rings. The molecule has 2 heterocycles. The van der Waals surface area contributed by atoms with Crippen LogP contribution in [0.4, 0.5) is 0 Å². The zero-order valence-corrected chi connectivity index (χ0v) is 16.6. The summed E-state index contributed by atoms with van der Waals surface area (Å²) in [6.07, 6.45) is 2.84. The number of ether oxygens (including phenoxy) is 1. The van der Waals surface area contributed by atoms with Gasteiger partial charge in [0.05, 0.1) is 0 Å². The van der Waals surface area contributed by atoms with Crippen LogP contribution < -0.4 is 10.1 Å². The third kappa shape index (κ3) is 4.48. The average molecular weight is 367 g/mol. The first-order valence-corrected chi connectivity index (χ1v) is 9.16. The molecule has 0 spiro atoms. The number of carbonyl (C=O) groups excluding carboxylic acids is 1. The summed E-state index contributed by atoms with van der Waals surface area (Å²) in [5.41, 5.74) is 1.29. The number of halogens is 1. The van der Waals surface area contributed by atoms with Gasteiger partial charge in [-0.05, 0) is 55.8 Å². The second-order valence-electron chi connectivity index (χ2n) is 8.16. The van der Waals surface area contributed by atoms with E-state index in [0.717, 1.165) is 38.1 Å². The van der Waals surface area contributed by atoms with Gasteiger partial charge in [0.25, 0.3) is 5.91 Å². The summed E-state index contributed by atoms with van der Waals surface area (Å²) in [5.74, 6) is 0.913. The van der Waals surface area contributed by atoms with Crippen LogP contribution in [0.15, 0.2) is 24.3 Å². The minimum Gasteiger partial charge on any atom is -0.481 e. The van der Waals surface area contributed by atoms with E-state index >= 15 is 0 Å². The minimum atomic E-state index is -0.443. The Morgan fingerprint density at radius 2 is 1.96 bits per heavy atom. The van der Waals surface area contributed by atoms with E-state index in [4.69, 9.17) is 4.74 Å². The molecule has 0 aromatic heterocycles. The van der Waals surface area contributed by atoms with Crippen LogP contribution in [0, 0.1) is 0 Å². The molecule has 0 radical (unpaired) electrons. The van der Waals surface area contributed by atoms with Crippen LogP contribution in [0.25, 0.3) is 0 Å². The van der Waals surface area contributed by atoms with Crippen molar-refractivity contribution in [1.82, 2.24) is 10.2 Å². The highest BCUT2D eigenvalue weighted by Crippen LogP contribution is 2.30. The highest BCUT2D eigenvalue weighted by atomic mass is 35.5. The van der Waals surface area contributed by atoms with Crippen molar-refractivity contribution in [2.75, 3.05) is 13.1 Å². The molecular weight excluding hydrogens is 336 g/mol. The Labute approximate surface area is 157 Å². The van der Waals surface area contributed by atoms with E-state index in [1.165, 1.54) is 5.56 Å². The van der Waals surface area contributed by atoms with E-state index in [-0.39, 0.29) is 23.7 Å². The number of nitrogens with one attached hydrogen (secondary N) is 1. The van der Waals surface area contributed by atoms with Gasteiger partial charge in [-0.25, -0.2) is 0 Å². The number of hydrogen-bond acceptors (Lipinski definition) is 3. The van der Waals surface area contributed by atoms with E-state index in [9.17, 15) is 4.79 Å². The van der Waals surface area contributed by atoms with Gasteiger partial charge in [0, 0.05) is 18.6 Å². The lowest BCUT2D eigenvalue weighted by Gasteiger charge is -2.30. The second kappa shape index (κ2) is 7.96. The summed E-state index contributed by atoms with van der Waals surface area (Å²) in [5, 5.41) is 3.44. The number of rotatable bonds is 3. The van der Waals surface area contributed by atoms with Crippen LogP contribution in [-0.2, 0) is 10.2 Å². The molecule has 2 aliphatic heterocycles. The normalized spacial score (nSPS) is 24.2. The fourth-order valence-corrected chi connectivity index (χ4v) is 3.84. The summed E-state index contributed by atoms with van der Waals surface area (Å²) < 4.78 is 6.02. The maximum Gasteiger partial charge on any atom is 0.263 e. The van der Waals surface area contributed by atoms with Crippen molar-refractivity contribution < 1.29 is 9.53 Å². The quantitative estimate of drug-likeness (QED) is 0.889. The molecule has 140 valence electrons. The minimum absolute atomic E-state index is 0. The lowest BCUT2D eigenvalue weighted by Crippen LogP contribution is -2.48. The monoisotopic (exact) mass is 366 g/mol. The van der Waals surface area contributed by atoms with Gasteiger partial charge in [0.15, 0.2) is 6.10 Å². The van der Waals surface area contributed by atoms with E-state index in [0.29, 0.717) is 12.1 Å². The number of nitrogens with zero attached hydrogens (tertiary/aromatic N) is 1. The molecule has 0 aliphatic carbocycles. The molecule has 25 heavy (non-hydrogen) atoms. The first-order valence-electron chi connectivity index (χ1n) is 9.16. The van der Waals surface area contributed by atoms with Gasteiger partial charge in [-0.3, -0.25) is 4.79 Å². The molecule has 1 aromatic carbocycles. The molecule has 1 N–H and O–H groups in total. The highest BCUT2D eigenvalue weighted by Gasteiger charge is 2.40. The lowest BCUT2D eigenvalue weighted by molar-refractivity contribution is -0.140. The van der Waals surface area contributed by atoms with Crippen molar-refractivity contribution >= 4 is 18.3 Å². The predicted octanol–water partition coefficient (Wildman–Crippen LogP) is 3.53. The molecule has 3 rings (SSSR count). The Hall–Kier alpha value is -1.26. The summed E-state index contributed by atoms with van der Waals surface area (Å²) in [6, 6.07) is 8.83. The van der Waals surface area contributed by atoms with E-state index in [1.54, 1.807) is 0 Å². The van der Waals surface area contributed by atoms with Gasteiger partial charge in [-0.2, -0.15) is 0 Å². The molecule has 3 unspecified atom stereocenters. The zero-order chi connectivity index (χ0) is 17.3. The Morgan fingerprint density at radius 3 is 2.68 bits per heavy atom. The van der Waals surface area contributed by atoms with Crippen LogP contribution >= 0.6 is 12.4 Å². The second-order valence-corrected chi connectivity index (χ2v) is 8.16. The number of hydrogen-bond donors (Lipinski definition) is 1. The van der Waals surface area contributed by atoms with Gasteiger partial charge in [0.1, 0.15) is 5.75 Å². The van der Waals surface area contributed by atoms with Gasteiger partial charge >= 0.3 is 0 Å². The third-order valence-electron chi connectivity index (χ3n) is 5.27. The molecule has 2 bridgehead atoms. The fraction of sp³-hybridized carbons (Fsp3) is 0.650. The molecular formula is C20H31ClN2O2. The Balaban J connectivity index is 0.00000225. The largest absolute Gasteiger partial charge is 0.481 e. The first kappa shape index (κ1) is 20.1. The number of fused-ring (bicyclic) bond motifs is 2. The van der Waals surface area contributed by atoms with Crippen LogP contribution in [0.5, 0.6) is 5.75 Å². The van der Waals surface area contributed by atoms with Crippen molar-refractivity contribution in [3.05, 3.63) is 29.8 Å². The SMILES string of the molecule is CC(Oc1cccc(C(C)(C)C)c1)C(=O)N1C2CCNCC1CC2.Cl. The standard InChI is InChI=1S/C20H30N2O2.ClH/c1-14(24-18-7-5-6-15(12-18)20(2,3)4)19(23)22-16-8-9-17(22)13-21-11-10-16;/h5-7,12,14,16-17,21H,8-11,13H2,1-4H3;1H. The van der Waals surface area contributed by atoms with Crippen LogP contribution in [0.1, 0.15) is 52.5 Å². The third-order valence-corrected chi connectivity index (χ3v) is 5.27. The van der Waals surface area contributed by atoms with Crippen molar-refractivity contribution in [3.8, 4) is 5.75 Å². The molecule has 4 nitrogen and oxygen atoms in total. The fourth-order valence-electron chi connectivity index (χ4n) is 3.84.